The minimum Gasteiger partial charge on any atom is -0.480 e. The number of allylic oxidation sites excluding steroid dienone is 1. The van der Waals surface area contributed by atoms with E-state index in [0.29, 0.717) is 31.1 Å². The van der Waals surface area contributed by atoms with Crippen LogP contribution < -0.4 is 5.32 Å². The second-order valence-electron chi connectivity index (χ2n) is 13.6. The van der Waals surface area contributed by atoms with E-state index in [4.69, 9.17) is 4.74 Å². The Hall–Kier alpha value is -3.33. The summed E-state index contributed by atoms with van der Waals surface area (Å²) in [5, 5.41) is 23.8. The standard InChI is InChI=1S/C34H43NO8/c1-32-15-12-23(36)19-22(32)8-9-24-25(32)13-16-33(2)26(24)14-17-34(33,42)28(37)20-43-30(39)11-10-29(38)35-27(31(40)41)18-21-6-4-3-5-7-21/h3-7,19,24-27,42H,8-18,20H2,1-2H3,(H,35,38)(H,40,41)/t24-,25+,26+,27?,32+,33+,34+/m1/s1. The summed E-state index contributed by atoms with van der Waals surface area (Å²) in [5.74, 6) is -1.85. The smallest absolute Gasteiger partial charge is 0.326 e. The van der Waals surface area contributed by atoms with Crippen LogP contribution in [0.2, 0.25) is 0 Å². The van der Waals surface area contributed by atoms with Gasteiger partial charge in [-0.3, -0.25) is 19.2 Å². The number of Topliss-reactive ketones (excluding diaryl/α,β-unsaturated/α-hetero) is 1. The summed E-state index contributed by atoms with van der Waals surface area (Å²) in [6, 6.07) is 7.78. The molecule has 9 nitrogen and oxygen atoms in total. The third kappa shape index (κ3) is 5.80. The average molecular weight is 594 g/mol. The van der Waals surface area contributed by atoms with Crippen molar-refractivity contribution >= 4 is 29.4 Å². The third-order valence-corrected chi connectivity index (χ3v) is 11.4. The summed E-state index contributed by atoms with van der Waals surface area (Å²) in [6.07, 6.45) is 7.30. The molecule has 0 aromatic heterocycles. The van der Waals surface area contributed by atoms with E-state index in [1.807, 2.05) is 19.1 Å². The van der Waals surface area contributed by atoms with Gasteiger partial charge in [-0.2, -0.15) is 0 Å². The van der Waals surface area contributed by atoms with Gasteiger partial charge < -0.3 is 20.3 Å². The minimum atomic E-state index is -1.59. The molecule has 7 atom stereocenters. The average Bonchev–Trinajstić information content (AvgIpc) is 3.26. The van der Waals surface area contributed by atoms with Gasteiger partial charge in [0, 0.05) is 24.7 Å². The van der Waals surface area contributed by atoms with Crippen LogP contribution in [0, 0.1) is 28.6 Å². The molecular weight excluding hydrogens is 550 g/mol. The largest absolute Gasteiger partial charge is 0.480 e. The maximum absolute atomic E-state index is 13.4. The number of carbonyl (C=O) groups excluding carboxylic acids is 4. The van der Waals surface area contributed by atoms with E-state index < -0.39 is 47.3 Å². The van der Waals surface area contributed by atoms with Crippen molar-refractivity contribution < 1.29 is 38.9 Å². The molecule has 5 rings (SSSR count). The first-order chi connectivity index (χ1) is 20.4. The number of ketones is 2. The number of carboxylic acid groups (broad SMARTS) is 1. The number of carbonyl (C=O) groups is 5. The van der Waals surface area contributed by atoms with E-state index in [2.05, 4.69) is 12.2 Å². The summed E-state index contributed by atoms with van der Waals surface area (Å²) in [7, 11) is 0. The number of esters is 1. The fourth-order valence-electron chi connectivity index (χ4n) is 8.90. The first-order valence-corrected chi connectivity index (χ1v) is 15.6. The molecule has 43 heavy (non-hydrogen) atoms. The van der Waals surface area contributed by atoms with Gasteiger partial charge in [-0.1, -0.05) is 49.8 Å². The number of carboxylic acids is 1. The summed E-state index contributed by atoms with van der Waals surface area (Å²) in [5.41, 5.74) is -0.187. The molecule has 0 radical (unpaired) electrons. The number of benzene rings is 1. The van der Waals surface area contributed by atoms with Gasteiger partial charge in [0.25, 0.3) is 0 Å². The van der Waals surface area contributed by atoms with Crippen molar-refractivity contribution in [2.24, 2.45) is 28.6 Å². The van der Waals surface area contributed by atoms with Crippen LogP contribution in [0.15, 0.2) is 42.0 Å². The van der Waals surface area contributed by atoms with Gasteiger partial charge in [-0.15, -0.1) is 0 Å². The SMILES string of the molecule is C[C@]12CCC(=O)C=C1CC[C@@H]1[C@@H]2CC[C@@]2(C)[C@H]1CC[C@]2(O)C(=O)COC(=O)CCC(=O)NC(Cc1ccccc1)C(=O)O. The predicted octanol–water partition coefficient (Wildman–Crippen LogP) is 3.95. The summed E-state index contributed by atoms with van der Waals surface area (Å²) in [6.45, 7) is 3.74. The fraction of sp³-hybridized carbons (Fsp3) is 0.618. The fourth-order valence-corrected chi connectivity index (χ4v) is 8.90. The number of aliphatic hydroxyl groups is 1. The summed E-state index contributed by atoms with van der Waals surface area (Å²) in [4.78, 5) is 62.0. The number of hydrogen-bond donors (Lipinski definition) is 3. The van der Waals surface area contributed by atoms with E-state index in [1.165, 1.54) is 5.57 Å². The Morgan fingerprint density at radius 2 is 1.70 bits per heavy atom. The third-order valence-electron chi connectivity index (χ3n) is 11.4. The van der Waals surface area contributed by atoms with Crippen LogP contribution >= 0.6 is 0 Å². The van der Waals surface area contributed by atoms with E-state index >= 15 is 0 Å². The van der Waals surface area contributed by atoms with Crippen LogP contribution in [0.3, 0.4) is 0 Å². The molecular formula is C34H43NO8. The molecule has 1 aromatic rings. The Bertz CT molecular complexity index is 1320. The van der Waals surface area contributed by atoms with Crippen molar-refractivity contribution in [3.8, 4) is 0 Å². The molecule has 1 unspecified atom stereocenters. The second-order valence-corrected chi connectivity index (χ2v) is 13.6. The maximum atomic E-state index is 13.4. The van der Waals surface area contributed by atoms with Gasteiger partial charge in [0.15, 0.2) is 12.4 Å². The number of rotatable bonds is 10. The zero-order valence-electron chi connectivity index (χ0n) is 25.1. The van der Waals surface area contributed by atoms with E-state index in [1.54, 1.807) is 24.3 Å². The van der Waals surface area contributed by atoms with Crippen molar-refractivity contribution in [2.75, 3.05) is 6.61 Å². The highest BCUT2D eigenvalue weighted by Gasteiger charge is 2.66. The van der Waals surface area contributed by atoms with Crippen molar-refractivity contribution in [3.63, 3.8) is 0 Å². The molecule has 0 spiro atoms. The Labute approximate surface area is 252 Å². The van der Waals surface area contributed by atoms with Gasteiger partial charge in [0.1, 0.15) is 11.6 Å². The lowest BCUT2D eigenvalue weighted by atomic mass is 9.46. The molecule has 3 fully saturated rings. The molecule has 232 valence electrons. The van der Waals surface area contributed by atoms with Gasteiger partial charge in [0.2, 0.25) is 11.7 Å². The number of ether oxygens (including phenoxy) is 1. The Kier molecular flexibility index (Phi) is 8.67. The lowest BCUT2D eigenvalue weighted by Gasteiger charge is -2.58. The lowest BCUT2D eigenvalue weighted by Crippen LogP contribution is -2.58. The van der Waals surface area contributed by atoms with Gasteiger partial charge >= 0.3 is 11.9 Å². The monoisotopic (exact) mass is 593 g/mol. The molecule has 4 aliphatic rings. The Balaban J connectivity index is 1.14. The van der Waals surface area contributed by atoms with E-state index in [9.17, 15) is 34.2 Å². The molecule has 1 aromatic carbocycles. The molecule has 3 N–H and O–H groups in total. The van der Waals surface area contributed by atoms with Gasteiger partial charge in [0.05, 0.1) is 6.42 Å². The van der Waals surface area contributed by atoms with Crippen LogP contribution in [0.25, 0.3) is 0 Å². The molecule has 4 aliphatic carbocycles. The summed E-state index contributed by atoms with van der Waals surface area (Å²) >= 11 is 0. The van der Waals surface area contributed by atoms with E-state index in [-0.39, 0.29) is 36.4 Å². The molecule has 0 saturated heterocycles. The molecule has 3 saturated carbocycles. The lowest BCUT2D eigenvalue weighted by molar-refractivity contribution is -0.170. The van der Waals surface area contributed by atoms with Crippen molar-refractivity contribution in [1.29, 1.82) is 0 Å². The first-order valence-electron chi connectivity index (χ1n) is 15.6. The number of fused-ring (bicyclic) bond motifs is 5. The van der Waals surface area contributed by atoms with Crippen LogP contribution in [-0.2, 0) is 35.1 Å². The predicted molar refractivity (Wildman–Crippen MR) is 157 cm³/mol. The maximum Gasteiger partial charge on any atom is 0.326 e. The number of aliphatic carboxylic acids is 1. The molecule has 0 aliphatic heterocycles. The molecule has 0 heterocycles. The van der Waals surface area contributed by atoms with Gasteiger partial charge in [-0.05, 0) is 79.8 Å². The topological polar surface area (TPSA) is 147 Å². The van der Waals surface area contributed by atoms with Crippen LogP contribution in [0.5, 0.6) is 0 Å². The zero-order valence-corrected chi connectivity index (χ0v) is 25.1. The highest BCUT2D eigenvalue weighted by atomic mass is 16.5. The van der Waals surface area contributed by atoms with Crippen LogP contribution in [0.4, 0.5) is 0 Å². The normalized spacial score (nSPS) is 33.7. The highest BCUT2D eigenvalue weighted by Crippen LogP contribution is 2.67. The Morgan fingerprint density at radius 3 is 2.42 bits per heavy atom. The molecule has 1 amide bonds. The highest BCUT2D eigenvalue weighted by molar-refractivity contribution is 5.92. The Morgan fingerprint density at radius 1 is 0.977 bits per heavy atom. The van der Waals surface area contributed by atoms with Crippen LogP contribution in [-0.4, -0.2) is 57.9 Å². The van der Waals surface area contributed by atoms with Crippen molar-refractivity contribution in [1.82, 2.24) is 5.32 Å². The van der Waals surface area contributed by atoms with Crippen molar-refractivity contribution in [2.45, 2.75) is 96.1 Å². The van der Waals surface area contributed by atoms with E-state index in [0.717, 1.165) is 37.7 Å². The number of amides is 1. The minimum absolute atomic E-state index is 0.00325. The van der Waals surface area contributed by atoms with Gasteiger partial charge in [-0.25, -0.2) is 4.79 Å². The molecule has 9 heteroatoms. The van der Waals surface area contributed by atoms with Crippen LogP contribution in [0.1, 0.15) is 83.6 Å². The second kappa shape index (κ2) is 12.0. The zero-order chi connectivity index (χ0) is 31.0. The number of nitrogens with one attached hydrogen (secondary N) is 1. The molecule has 0 bridgehead atoms. The van der Waals surface area contributed by atoms with Crippen molar-refractivity contribution in [3.05, 3.63) is 47.5 Å². The quantitative estimate of drug-likeness (QED) is 0.346. The first kappa shape index (κ1) is 31.1. The summed E-state index contributed by atoms with van der Waals surface area (Å²) < 4.78 is 5.22. The number of hydrogen-bond acceptors (Lipinski definition) is 7.